The normalized spacial score (nSPS) is 19.4. The first-order valence-corrected chi connectivity index (χ1v) is 8.75. The van der Waals surface area contributed by atoms with Crippen LogP contribution < -0.4 is 9.47 Å². The van der Waals surface area contributed by atoms with Gasteiger partial charge in [0, 0.05) is 5.92 Å². The third-order valence-corrected chi connectivity index (χ3v) is 4.68. The first-order chi connectivity index (χ1) is 13.1. The lowest BCUT2D eigenvalue weighted by molar-refractivity contribution is -0.151. The Morgan fingerprint density at radius 1 is 1.19 bits per heavy atom. The number of methoxy groups -OCH3 is 2. The number of ketones is 1. The molecule has 1 aliphatic carbocycles. The topological polar surface area (TPSA) is 75.0 Å². The highest BCUT2D eigenvalue weighted by molar-refractivity contribution is 6.10. The van der Waals surface area contributed by atoms with Crippen LogP contribution in [-0.4, -0.2) is 32.6 Å². The first kappa shape index (κ1) is 18.8. The van der Waals surface area contributed by atoms with Crippen LogP contribution in [0.25, 0.3) is 5.57 Å². The molecule has 0 bridgehead atoms. The smallest absolute Gasteiger partial charge is 0.317 e. The van der Waals surface area contributed by atoms with E-state index in [4.69, 9.17) is 18.6 Å². The third kappa shape index (κ3) is 3.74. The largest absolute Gasteiger partial charge is 0.493 e. The number of esters is 1. The lowest BCUT2D eigenvalue weighted by atomic mass is 9.74. The highest BCUT2D eigenvalue weighted by Crippen LogP contribution is 2.42. The maximum atomic E-state index is 12.8. The summed E-state index contributed by atoms with van der Waals surface area (Å²) >= 11 is 0. The molecule has 1 aromatic carbocycles. The minimum atomic E-state index is -0.901. The van der Waals surface area contributed by atoms with Crippen LogP contribution >= 0.6 is 0 Å². The summed E-state index contributed by atoms with van der Waals surface area (Å²) in [5.41, 5.74) is 1.56. The molecule has 0 aliphatic heterocycles. The number of ether oxygens (including phenoxy) is 3. The molecule has 6 nitrogen and oxygen atoms in total. The van der Waals surface area contributed by atoms with Gasteiger partial charge in [-0.15, -0.1) is 0 Å². The van der Waals surface area contributed by atoms with Crippen molar-refractivity contribution in [1.29, 1.82) is 0 Å². The molecule has 0 saturated carbocycles. The lowest BCUT2D eigenvalue weighted by Gasteiger charge is -2.29. The summed E-state index contributed by atoms with van der Waals surface area (Å²) in [6, 6.07) is 8.98. The summed E-state index contributed by atoms with van der Waals surface area (Å²) in [4.78, 5) is 25.3. The summed E-state index contributed by atoms with van der Waals surface area (Å²) in [7, 11) is 3.10. The van der Waals surface area contributed by atoms with E-state index in [-0.39, 0.29) is 18.3 Å². The highest BCUT2D eigenvalue weighted by Gasteiger charge is 2.40. The van der Waals surface area contributed by atoms with E-state index < -0.39 is 11.9 Å². The molecule has 6 heteroatoms. The summed E-state index contributed by atoms with van der Waals surface area (Å²) in [6.07, 6.45) is 3.51. The van der Waals surface area contributed by atoms with Crippen LogP contribution in [0.5, 0.6) is 11.5 Å². The van der Waals surface area contributed by atoms with E-state index >= 15 is 0 Å². The average molecular weight is 370 g/mol. The number of hydrogen-bond acceptors (Lipinski definition) is 6. The van der Waals surface area contributed by atoms with Crippen molar-refractivity contribution < 1.29 is 28.2 Å². The molecule has 0 N–H and O–H groups in total. The Balaban J connectivity index is 2.04. The fourth-order valence-corrected chi connectivity index (χ4v) is 3.41. The van der Waals surface area contributed by atoms with Crippen molar-refractivity contribution in [2.24, 2.45) is 5.92 Å². The summed E-state index contributed by atoms with van der Waals surface area (Å²) in [5.74, 6) is -0.348. The lowest BCUT2D eigenvalue weighted by Crippen LogP contribution is -2.34. The van der Waals surface area contributed by atoms with Gasteiger partial charge in [-0.05, 0) is 54.8 Å². The molecule has 0 amide bonds. The van der Waals surface area contributed by atoms with E-state index in [1.54, 1.807) is 51.7 Å². The Bertz CT molecular complexity index is 850. The molecule has 0 unspecified atom stereocenters. The monoisotopic (exact) mass is 370 g/mol. The van der Waals surface area contributed by atoms with Gasteiger partial charge in [0.25, 0.3) is 0 Å². The summed E-state index contributed by atoms with van der Waals surface area (Å²) in [5, 5.41) is 0. The van der Waals surface area contributed by atoms with E-state index in [9.17, 15) is 9.59 Å². The Morgan fingerprint density at radius 3 is 2.59 bits per heavy atom. The van der Waals surface area contributed by atoms with Gasteiger partial charge in [0.1, 0.15) is 11.7 Å². The predicted molar refractivity (Wildman–Crippen MR) is 98.7 cm³/mol. The van der Waals surface area contributed by atoms with Gasteiger partial charge in [-0.1, -0.05) is 6.07 Å². The number of hydrogen-bond donors (Lipinski definition) is 0. The van der Waals surface area contributed by atoms with Gasteiger partial charge in [0.2, 0.25) is 0 Å². The number of rotatable bonds is 6. The minimum absolute atomic E-state index is 0.218. The zero-order valence-corrected chi connectivity index (χ0v) is 15.6. The van der Waals surface area contributed by atoms with Crippen LogP contribution in [0.15, 0.2) is 47.1 Å². The SMILES string of the molecule is CCOC(=O)[C@@H]1C(=O)C=C(c2ccco2)C[C@@H]1c1ccc(OC)c(OC)c1. The zero-order valence-electron chi connectivity index (χ0n) is 15.6. The fraction of sp³-hybridized carbons (Fsp3) is 0.333. The number of allylic oxidation sites excluding steroid dienone is 2. The Kier molecular flexibility index (Phi) is 5.64. The van der Waals surface area contributed by atoms with Gasteiger partial charge in [-0.2, -0.15) is 0 Å². The van der Waals surface area contributed by atoms with Crippen LogP contribution in [-0.2, 0) is 14.3 Å². The number of benzene rings is 1. The molecule has 0 radical (unpaired) electrons. The van der Waals surface area contributed by atoms with Gasteiger partial charge < -0.3 is 18.6 Å². The Labute approximate surface area is 157 Å². The number of carbonyl (C=O) groups excluding carboxylic acids is 2. The minimum Gasteiger partial charge on any atom is -0.493 e. The Hall–Kier alpha value is -3.02. The molecule has 0 saturated heterocycles. The van der Waals surface area contributed by atoms with E-state index in [1.807, 2.05) is 6.07 Å². The first-order valence-electron chi connectivity index (χ1n) is 8.75. The molecular weight excluding hydrogens is 348 g/mol. The van der Waals surface area contributed by atoms with Crippen LogP contribution in [0.3, 0.4) is 0 Å². The average Bonchev–Trinajstić information content (AvgIpc) is 3.21. The van der Waals surface area contributed by atoms with Crippen molar-refractivity contribution in [2.75, 3.05) is 20.8 Å². The van der Waals surface area contributed by atoms with Gasteiger partial charge in [0.05, 0.1) is 27.1 Å². The third-order valence-electron chi connectivity index (χ3n) is 4.68. The van der Waals surface area contributed by atoms with Crippen LogP contribution in [0.1, 0.15) is 30.6 Å². The molecule has 1 heterocycles. The van der Waals surface area contributed by atoms with Crippen LogP contribution in [0.2, 0.25) is 0 Å². The highest BCUT2D eigenvalue weighted by atomic mass is 16.5. The second-order valence-electron chi connectivity index (χ2n) is 6.20. The van der Waals surface area contributed by atoms with Crippen molar-refractivity contribution in [3.8, 4) is 11.5 Å². The molecule has 3 rings (SSSR count). The van der Waals surface area contributed by atoms with Gasteiger partial charge in [-0.25, -0.2) is 0 Å². The molecular formula is C21H22O6. The van der Waals surface area contributed by atoms with E-state index in [0.717, 1.165) is 11.1 Å². The zero-order chi connectivity index (χ0) is 19.4. The summed E-state index contributed by atoms with van der Waals surface area (Å²) in [6.45, 7) is 1.94. The van der Waals surface area contributed by atoms with E-state index in [2.05, 4.69) is 0 Å². The van der Waals surface area contributed by atoms with Crippen molar-refractivity contribution in [1.82, 2.24) is 0 Å². The molecule has 2 aromatic rings. The molecule has 1 aliphatic rings. The standard InChI is InChI=1S/C21H22O6/c1-4-26-21(23)20-15(13-7-8-18(24-2)19(12-13)25-3)10-14(11-16(20)22)17-6-5-9-27-17/h5-9,11-12,15,20H,4,10H2,1-3H3/t15-,20+/m1/s1. The van der Waals surface area contributed by atoms with Gasteiger partial charge >= 0.3 is 5.97 Å². The maximum Gasteiger partial charge on any atom is 0.317 e. The second kappa shape index (κ2) is 8.12. The molecule has 0 fully saturated rings. The molecule has 2 atom stereocenters. The van der Waals surface area contributed by atoms with Gasteiger partial charge in [-0.3, -0.25) is 9.59 Å². The predicted octanol–water partition coefficient (Wildman–Crippen LogP) is 3.62. The van der Waals surface area contributed by atoms with E-state index in [0.29, 0.717) is 23.7 Å². The van der Waals surface area contributed by atoms with Gasteiger partial charge in [0.15, 0.2) is 17.3 Å². The van der Waals surface area contributed by atoms with Crippen molar-refractivity contribution in [2.45, 2.75) is 19.3 Å². The van der Waals surface area contributed by atoms with Crippen LogP contribution in [0.4, 0.5) is 0 Å². The van der Waals surface area contributed by atoms with Crippen molar-refractivity contribution in [3.05, 3.63) is 54.0 Å². The second-order valence-corrected chi connectivity index (χ2v) is 6.20. The fourth-order valence-electron chi connectivity index (χ4n) is 3.41. The number of carbonyl (C=O) groups is 2. The van der Waals surface area contributed by atoms with Crippen molar-refractivity contribution >= 4 is 17.3 Å². The van der Waals surface area contributed by atoms with Crippen LogP contribution in [0, 0.1) is 5.92 Å². The number of furan rings is 1. The molecule has 1 aromatic heterocycles. The quantitative estimate of drug-likeness (QED) is 0.571. The van der Waals surface area contributed by atoms with E-state index in [1.165, 1.54) is 6.08 Å². The Morgan fingerprint density at radius 2 is 1.96 bits per heavy atom. The van der Waals surface area contributed by atoms with Crippen molar-refractivity contribution in [3.63, 3.8) is 0 Å². The maximum absolute atomic E-state index is 12.8. The summed E-state index contributed by atoms with van der Waals surface area (Å²) < 4.78 is 21.3. The molecule has 142 valence electrons. The molecule has 0 spiro atoms. The molecule has 27 heavy (non-hydrogen) atoms.